The van der Waals surface area contributed by atoms with E-state index in [0.29, 0.717) is 5.71 Å². The zero-order chi connectivity index (χ0) is 8.39. The number of fused-ring (bicyclic) bond motifs is 1. The molecule has 1 aliphatic heterocycles. The number of hydrogen-bond donors (Lipinski definition) is 0. The zero-order valence-corrected chi connectivity index (χ0v) is 6.47. The number of carbonyl (C=O) groups is 1. The first-order valence-electron chi connectivity index (χ1n) is 3.84. The van der Waals surface area contributed by atoms with Crippen molar-refractivity contribution < 1.29 is 4.79 Å². The van der Waals surface area contributed by atoms with Crippen LogP contribution < -0.4 is 0 Å². The Hall–Kier alpha value is -1.51. The monoisotopic (exact) mass is 160 g/mol. The van der Waals surface area contributed by atoms with Gasteiger partial charge in [0.05, 0.1) is 18.0 Å². The molecule has 1 atom stereocenters. The van der Waals surface area contributed by atoms with Gasteiger partial charge in [-0.05, 0) is 12.5 Å². The molecular formula is C9H8N2O. The highest BCUT2D eigenvalue weighted by Crippen LogP contribution is 2.19. The maximum absolute atomic E-state index is 10.4. The average molecular weight is 160 g/mol. The Morgan fingerprint density at radius 3 is 3.33 bits per heavy atom. The van der Waals surface area contributed by atoms with Crippen molar-refractivity contribution in [2.45, 2.75) is 12.5 Å². The van der Waals surface area contributed by atoms with Crippen molar-refractivity contribution in [3.63, 3.8) is 0 Å². The molecule has 0 N–H and O–H groups in total. The Balaban J connectivity index is 2.31. The van der Waals surface area contributed by atoms with Gasteiger partial charge < -0.3 is 0 Å². The molecule has 3 nitrogen and oxygen atoms in total. The topological polar surface area (TPSA) is 41.8 Å². The summed E-state index contributed by atoms with van der Waals surface area (Å²) >= 11 is 0. The van der Waals surface area contributed by atoms with Gasteiger partial charge in [0.15, 0.2) is 6.29 Å². The van der Waals surface area contributed by atoms with Crippen LogP contribution in [-0.2, 0) is 4.79 Å². The minimum Gasteiger partial charge on any atom is -0.296 e. The first kappa shape index (κ1) is 7.16. The Labute approximate surface area is 70.2 Å². The van der Waals surface area contributed by atoms with E-state index in [-0.39, 0.29) is 6.04 Å². The van der Waals surface area contributed by atoms with E-state index >= 15 is 0 Å². The van der Waals surface area contributed by atoms with E-state index in [9.17, 15) is 4.79 Å². The average Bonchev–Trinajstić information content (AvgIpc) is 2.17. The van der Waals surface area contributed by atoms with Crippen molar-refractivity contribution >= 4 is 18.2 Å². The first-order valence-corrected chi connectivity index (χ1v) is 3.84. The van der Waals surface area contributed by atoms with Crippen LogP contribution in [0.5, 0.6) is 0 Å². The van der Waals surface area contributed by atoms with E-state index in [1.165, 1.54) is 6.21 Å². The van der Waals surface area contributed by atoms with Crippen molar-refractivity contribution in [2.24, 2.45) is 9.98 Å². The van der Waals surface area contributed by atoms with Gasteiger partial charge in [-0.25, -0.2) is 0 Å². The van der Waals surface area contributed by atoms with Gasteiger partial charge in [-0.2, -0.15) is 0 Å². The molecule has 1 aliphatic carbocycles. The predicted octanol–water partition coefficient (Wildman–Crippen LogP) is 0.923. The fourth-order valence-electron chi connectivity index (χ4n) is 1.27. The van der Waals surface area contributed by atoms with E-state index in [0.717, 1.165) is 18.4 Å². The lowest BCUT2D eigenvalue weighted by Crippen LogP contribution is -2.18. The van der Waals surface area contributed by atoms with Crippen LogP contribution in [0.3, 0.4) is 0 Å². The third-order valence-corrected chi connectivity index (χ3v) is 1.88. The molecule has 0 aromatic carbocycles. The summed E-state index contributed by atoms with van der Waals surface area (Å²) in [6.07, 6.45) is 9.01. The molecule has 0 aromatic rings. The Bertz CT molecular complexity index is 323. The van der Waals surface area contributed by atoms with E-state index < -0.39 is 0 Å². The van der Waals surface area contributed by atoms with Gasteiger partial charge in [0, 0.05) is 0 Å². The van der Waals surface area contributed by atoms with Crippen LogP contribution in [0.2, 0.25) is 0 Å². The number of nitrogens with zero attached hydrogens (tertiary/aromatic N) is 2. The summed E-state index contributed by atoms with van der Waals surface area (Å²) in [5.41, 5.74) is 1.38. The Morgan fingerprint density at radius 2 is 2.50 bits per heavy atom. The molecule has 3 heteroatoms. The smallest absolute Gasteiger partial charge is 0.169 e. The normalized spacial score (nSPS) is 25.8. The highest BCUT2D eigenvalue weighted by molar-refractivity contribution is 6.54. The second-order valence-electron chi connectivity index (χ2n) is 2.70. The summed E-state index contributed by atoms with van der Waals surface area (Å²) in [5.74, 6) is 0. The molecule has 0 bridgehead atoms. The quantitative estimate of drug-likeness (QED) is 0.526. The fraction of sp³-hybridized carbons (Fsp3) is 0.222. The van der Waals surface area contributed by atoms with Gasteiger partial charge in [0.25, 0.3) is 0 Å². The van der Waals surface area contributed by atoms with Crippen molar-refractivity contribution in [3.05, 3.63) is 23.9 Å². The van der Waals surface area contributed by atoms with E-state index in [1.807, 2.05) is 18.2 Å². The SMILES string of the molecule is O=CC1=NC2CC=CC=C2N=C1. The molecule has 0 saturated heterocycles. The molecule has 12 heavy (non-hydrogen) atoms. The lowest BCUT2D eigenvalue weighted by atomic mass is 10.0. The van der Waals surface area contributed by atoms with Gasteiger partial charge in [-0.1, -0.05) is 12.2 Å². The van der Waals surface area contributed by atoms with Crippen LogP contribution in [0.15, 0.2) is 33.9 Å². The van der Waals surface area contributed by atoms with Crippen molar-refractivity contribution in [3.8, 4) is 0 Å². The number of aliphatic imine (C=N–C) groups is 2. The summed E-state index contributed by atoms with van der Waals surface area (Å²) in [4.78, 5) is 18.7. The Kier molecular flexibility index (Phi) is 1.70. The minimum atomic E-state index is 0.0696. The summed E-state index contributed by atoms with van der Waals surface area (Å²) in [7, 11) is 0. The molecule has 0 spiro atoms. The Morgan fingerprint density at radius 1 is 1.58 bits per heavy atom. The zero-order valence-electron chi connectivity index (χ0n) is 6.47. The van der Waals surface area contributed by atoms with Crippen LogP contribution >= 0.6 is 0 Å². The highest BCUT2D eigenvalue weighted by atomic mass is 16.1. The predicted molar refractivity (Wildman–Crippen MR) is 47.6 cm³/mol. The van der Waals surface area contributed by atoms with Crippen LogP contribution in [0.25, 0.3) is 0 Å². The molecule has 60 valence electrons. The number of aldehydes is 1. The summed E-state index contributed by atoms with van der Waals surface area (Å²) in [5, 5.41) is 0. The minimum absolute atomic E-state index is 0.0696. The molecule has 1 heterocycles. The maximum atomic E-state index is 10.4. The van der Waals surface area contributed by atoms with Gasteiger partial charge in [0.1, 0.15) is 5.71 Å². The third kappa shape index (κ3) is 1.13. The molecule has 0 saturated carbocycles. The van der Waals surface area contributed by atoms with Crippen LogP contribution in [0, 0.1) is 0 Å². The van der Waals surface area contributed by atoms with Crippen molar-refractivity contribution in [2.75, 3.05) is 0 Å². The maximum Gasteiger partial charge on any atom is 0.169 e. The molecule has 2 aliphatic rings. The van der Waals surface area contributed by atoms with Crippen LogP contribution in [0.1, 0.15) is 6.42 Å². The summed E-state index contributed by atoms with van der Waals surface area (Å²) in [6.45, 7) is 0. The number of rotatable bonds is 1. The molecule has 0 radical (unpaired) electrons. The standard InChI is InChI=1S/C9H8N2O/c12-6-7-5-10-8-3-1-2-4-9(8)11-7/h1-3,5-6,9H,4H2. The van der Waals surface area contributed by atoms with Crippen molar-refractivity contribution in [1.29, 1.82) is 0 Å². The number of carbonyl (C=O) groups excluding carboxylic acids is 1. The lowest BCUT2D eigenvalue weighted by Gasteiger charge is -2.17. The molecule has 0 fully saturated rings. The summed E-state index contributed by atoms with van der Waals surface area (Å²) in [6, 6.07) is 0.0696. The van der Waals surface area contributed by atoms with Gasteiger partial charge >= 0.3 is 0 Å². The lowest BCUT2D eigenvalue weighted by molar-refractivity contribution is -0.102. The van der Waals surface area contributed by atoms with Crippen molar-refractivity contribution in [1.82, 2.24) is 0 Å². The number of hydrogen-bond acceptors (Lipinski definition) is 3. The van der Waals surface area contributed by atoms with E-state index in [2.05, 4.69) is 9.98 Å². The van der Waals surface area contributed by atoms with Crippen LogP contribution in [-0.4, -0.2) is 24.3 Å². The van der Waals surface area contributed by atoms with Gasteiger partial charge in [0.2, 0.25) is 0 Å². The highest BCUT2D eigenvalue weighted by Gasteiger charge is 2.16. The first-order chi connectivity index (χ1) is 5.90. The second-order valence-corrected chi connectivity index (χ2v) is 2.70. The summed E-state index contributed by atoms with van der Waals surface area (Å²) < 4.78 is 0. The molecule has 0 amide bonds. The second kappa shape index (κ2) is 2.85. The largest absolute Gasteiger partial charge is 0.296 e. The molecule has 1 unspecified atom stereocenters. The van der Waals surface area contributed by atoms with Gasteiger partial charge in [-0.3, -0.25) is 14.8 Å². The third-order valence-electron chi connectivity index (χ3n) is 1.88. The number of allylic oxidation sites excluding steroid dienone is 2. The van der Waals surface area contributed by atoms with Crippen LogP contribution in [0.4, 0.5) is 0 Å². The fourth-order valence-corrected chi connectivity index (χ4v) is 1.27. The molecule has 2 rings (SSSR count). The van der Waals surface area contributed by atoms with E-state index in [4.69, 9.17) is 0 Å². The molecular weight excluding hydrogens is 152 g/mol. The van der Waals surface area contributed by atoms with E-state index in [1.54, 1.807) is 0 Å². The van der Waals surface area contributed by atoms with Gasteiger partial charge in [-0.15, -0.1) is 0 Å². The molecule has 0 aromatic heterocycles.